The fraction of sp³-hybridized carbons (Fsp3) is 0.538. The molecule has 0 aliphatic heterocycles. The summed E-state index contributed by atoms with van der Waals surface area (Å²) in [6.45, 7) is 9.49. The van der Waals surface area contributed by atoms with Gasteiger partial charge in [0.1, 0.15) is 10.8 Å². The van der Waals surface area contributed by atoms with Gasteiger partial charge in [0.15, 0.2) is 0 Å². The van der Waals surface area contributed by atoms with Crippen molar-refractivity contribution in [1.29, 1.82) is 0 Å². The van der Waals surface area contributed by atoms with Crippen molar-refractivity contribution < 1.29 is 0 Å². The zero-order chi connectivity index (χ0) is 13.2. The number of nitrogens with zero attached hydrogens (tertiary/aromatic N) is 2. The second kappa shape index (κ2) is 5.00. The first kappa shape index (κ1) is 13.9. The first-order valence-electron chi connectivity index (χ1n) is 5.69. The highest BCUT2D eigenvalue weighted by Gasteiger charge is 2.18. The lowest BCUT2D eigenvalue weighted by Gasteiger charge is -2.29. The summed E-state index contributed by atoms with van der Waals surface area (Å²) in [6, 6.07) is 1.93. The first-order chi connectivity index (χ1) is 7.72. The predicted molar refractivity (Wildman–Crippen MR) is 77.6 cm³/mol. The molecule has 1 aromatic heterocycles. The van der Waals surface area contributed by atoms with Crippen molar-refractivity contribution in [1.82, 2.24) is 4.98 Å². The number of pyridine rings is 1. The summed E-state index contributed by atoms with van der Waals surface area (Å²) in [7, 11) is 2.02. The second-order valence-corrected chi connectivity index (χ2v) is 6.05. The number of aryl methyl sites for hydroxylation is 1. The van der Waals surface area contributed by atoms with Crippen molar-refractivity contribution in [2.24, 2.45) is 11.1 Å². The van der Waals surface area contributed by atoms with Crippen LogP contribution in [0, 0.1) is 12.3 Å². The summed E-state index contributed by atoms with van der Waals surface area (Å²) in [5.41, 5.74) is 7.94. The lowest BCUT2D eigenvalue weighted by Crippen LogP contribution is -2.31. The largest absolute Gasteiger partial charge is 0.389 e. The van der Waals surface area contributed by atoms with Gasteiger partial charge in [0.25, 0.3) is 0 Å². The molecule has 0 atom stereocenters. The highest BCUT2D eigenvalue weighted by molar-refractivity contribution is 7.80. The normalized spacial score (nSPS) is 11.4. The second-order valence-electron chi connectivity index (χ2n) is 5.61. The molecule has 2 N–H and O–H groups in total. The van der Waals surface area contributed by atoms with E-state index in [-0.39, 0.29) is 5.41 Å². The molecular formula is C13H21N3S. The van der Waals surface area contributed by atoms with Crippen molar-refractivity contribution in [2.75, 3.05) is 18.5 Å². The Labute approximate surface area is 109 Å². The minimum Gasteiger partial charge on any atom is -0.389 e. The van der Waals surface area contributed by atoms with Crippen molar-refractivity contribution in [2.45, 2.75) is 27.7 Å². The molecule has 94 valence electrons. The fourth-order valence-corrected chi connectivity index (χ4v) is 2.18. The molecule has 0 aromatic carbocycles. The van der Waals surface area contributed by atoms with Gasteiger partial charge in [-0.3, -0.25) is 0 Å². The standard InChI is InChI=1S/C13H21N3S/c1-9-6-7-15-12(10(9)11(14)17)16(5)8-13(2,3)4/h6-7H,8H2,1-5H3,(H2,14,17). The minimum atomic E-state index is 0.202. The van der Waals surface area contributed by atoms with Crippen LogP contribution in [0.2, 0.25) is 0 Å². The fourth-order valence-electron chi connectivity index (χ4n) is 1.92. The molecule has 0 radical (unpaired) electrons. The maximum Gasteiger partial charge on any atom is 0.138 e. The summed E-state index contributed by atoms with van der Waals surface area (Å²) >= 11 is 5.11. The van der Waals surface area contributed by atoms with Crippen LogP contribution in [0.25, 0.3) is 0 Å². The molecule has 1 heterocycles. The molecule has 4 heteroatoms. The van der Waals surface area contributed by atoms with E-state index in [9.17, 15) is 0 Å². The highest BCUT2D eigenvalue weighted by Crippen LogP contribution is 2.23. The Hall–Kier alpha value is -1.16. The predicted octanol–water partition coefficient (Wildman–Crippen LogP) is 2.51. The number of thiocarbonyl (C=S) groups is 1. The van der Waals surface area contributed by atoms with Gasteiger partial charge < -0.3 is 10.6 Å². The third kappa shape index (κ3) is 3.66. The van der Waals surface area contributed by atoms with Gasteiger partial charge in [0.05, 0.1) is 5.56 Å². The minimum absolute atomic E-state index is 0.202. The van der Waals surface area contributed by atoms with Crippen molar-refractivity contribution in [3.05, 3.63) is 23.4 Å². The number of rotatable bonds is 3. The van der Waals surface area contributed by atoms with Crippen LogP contribution in [-0.4, -0.2) is 23.6 Å². The molecular weight excluding hydrogens is 230 g/mol. The molecule has 17 heavy (non-hydrogen) atoms. The molecule has 0 saturated heterocycles. The number of aromatic nitrogens is 1. The van der Waals surface area contributed by atoms with Crippen LogP contribution < -0.4 is 10.6 Å². The molecule has 1 rings (SSSR count). The molecule has 3 nitrogen and oxygen atoms in total. The van der Waals surface area contributed by atoms with Crippen LogP contribution in [0.5, 0.6) is 0 Å². The number of nitrogens with two attached hydrogens (primary N) is 1. The summed E-state index contributed by atoms with van der Waals surface area (Å²) in [6.07, 6.45) is 1.80. The topological polar surface area (TPSA) is 42.2 Å². The first-order valence-corrected chi connectivity index (χ1v) is 6.10. The molecule has 0 fully saturated rings. The van der Waals surface area contributed by atoms with Crippen LogP contribution in [0.15, 0.2) is 12.3 Å². The molecule has 0 saturated carbocycles. The van der Waals surface area contributed by atoms with Crippen LogP contribution in [0.1, 0.15) is 31.9 Å². The van der Waals surface area contributed by atoms with E-state index >= 15 is 0 Å². The maximum absolute atomic E-state index is 5.78. The van der Waals surface area contributed by atoms with E-state index in [2.05, 4.69) is 30.7 Å². The van der Waals surface area contributed by atoms with Gasteiger partial charge in [0, 0.05) is 19.8 Å². The Morgan fingerprint density at radius 1 is 1.47 bits per heavy atom. The summed E-state index contributed by atoms with van der Waals surface area (Å²) in [5, 5.41) is 0. The lowest BCUT2D eigenvalue weighted by molar-refractivity contribution is 0.417. The smallest absolute Gasteiger partial charge is 0.138 e. The zero-order valence-corrected chi connectivity index (χ0v) is 12.1. The Morgan fingerprint density at radius 3 is 2.53 bits per heavy atom. The molecule has 0 unspecified atom stereocenters. The van der Waals surface area contributed by atoms with Crippen molar-refractivity contribution in [3.8, 4) is 0 Å². The van der Waals surface area contributed by atoms with Gasteiger partial charge in [-0.05, 0) is 24.0 Å². The van der Waals surface area contributed by atoms with E-state index < -0.39 is 0 Å². The van der Waals surface area contributed by atoms with E-state index in [4.69, 9.17) is 18.0 Å². The van der Waals surface area contributed by atoms with E-state index in [1.807, 2.05) is 20.0 Å². The van der Waals surface area contributed by atoms with Gasteiger partial charge in [-0.1, -0.05) is 33.0 Å². The maximum atomic E-state index is 5.78. The van der Waals surface area contributed by atoms with E-state index in [1.54, 1.807) is 6.20 Å². The number of anilines is 1. The van der Waals surface area contributed by atoms with Crippen molar-refractivity contribution >= 4 is 23.0 Å². The van der Waals surface area contributed by atoms with Gasteiger partial charge in [-0.15, -0.1) is 0 Å². The monoisotopic (exact) mass is 251 g/mol. The van der Waals surface area contributed by atoms with Crippen LogP contribution in [0.3, 0.4) is 0 Å². The third-order valence-electron chi connectivity index (χ3n) is 2.46. The molecule has 0 bridgehead atoms. The Bertz CT molecular complexity index is 421. The molecule has 0 aliphatic carbocycles. The quantitative estimate of drug-likeness (QED) is 0.838. The zero-order valence-electron chi connectivity index (χ0n) is 11.2. The Morgan fingerprint density at radius 2 is 2.06 bits per heavy atom. The van der Waals surface area contributed by atoms with Crippen molar-refractivity contribution in [3.63, 3.8) is 0 Å². The Kier molecular flexibility index (Phi) is 4.09. The average Bonchev–Trinajstić information content (AvgIpc) is 2.13. The van der Waals surface area contributed by atoms with Crippen LogP contribution in [-0.2, 0) is 0 Å². The van der Waals surface area contributed by atoms with Gasteiger partial charge in [0.2, 0.25) is 0 Å². The summed E-state index contributed by atoms with van der Waals surface area (Å²) in [5.74, 6) is 0.868. The van der Waals surface area contributed by atoms with Gasteiger partial charge in [-0.2, -0.15) is 0 Å². The third-order valence-corrected chi connectivity index (χ3v) is 2.66. The number of hydrogen-bond acceptors (Lipinski definition) is 3. The average molecular weight is 251 g/mol. The number of hydrogen-bond donors (Lipinski definition) is 1. The van der Waals surface area contributed by atoms with Gasteiger partial charge >= 0.3 is 0 Å². The lowest BCUT2D eigenvalue weighted by atomic mass is 9.96. The van der Waals surface area contributed by atoms with E-state index in [0.29, 0.717) is 4.99 Å². The highest BCUT2D eigenvalue weighted by atomic mass is 32.1. The van der Waals surface area contributed by atoms with Crippen LogP contribution in [0.4, 0.5) is 5.82 Å². The molecule has 0 spiro atoms. The summed E-state index contributed by atoms with van der Waals surface area (Å²) in [4.78, 5) is 6.92. The summed E-state index contributed by atoms with van der Waals surface area (Å²) < 4.78 is 0. The Balaban J connectivity index is 3.13. The molecule has 0 aliphatic rings. The van der Waals surface area contributed by atoms with Crippen LogP contribution >= 0.6 is 12.2 Å². The van der Waals surface area contributed by atoms with Gasteiger partial charge in [-0.25, -0.2) is 4.98 Å². The molecule has 1 aromatic rings. The van der Waals surface area contributed by atoms with E-state index in [1.165, 1.54) is 0 Å². The SMILES string of the molecule is Cc1ccnc(N(C)CC(C)(C)C)c1C(N)=S. The molecule has 0 amide bonds. The van der Waals surface area contributed by atoms with E-state index in [0.717, 1.165) is 23.5 Å².